The zero-order chi connectivity index (χ0) is 31.5. The van der Waals surface area contributed by atoms with Crippen molar-refractivity contribution < 1.29 is 0 Å². The van der Waals surface area contributed by atoms with E-state index in [0.29, 0.717) is 0 Å². The molecule has 1 aromatic heterocycles. The molecule has 47 heavy (non-hydrogen) atoms. The third-order valence-corrected chi connectivity index (χ3v) is 9.97. The first-order valence-corrected chi connectivity index (χ1v) is 16.4. The van der Waals surface area contributed by atoms with Gasteiger partial charge in [0.2, 0.25) is 0 Å². The molecule has 0 spiro atoms. The van der Waals surface area contributed by atoms with Crippen LogP contribution in [0.3, 0.4) is 0 Å². The van der Waals surface area contributed by atoms with E-state index in [4.69, 9.17) is 0 Å². The molecule has 0 unspecified atom stereocenters. The molecule has 1 aliphatic carbocycles. The van der Waals surface area contributed by atoms with Crippen LogP contribution in [0.15, 0.2) is 170 Å². The maximum atomic E-state index is 2.39. The van der Waals surface area contributed by atoms with Crippen molar-refractivity contribution in [2.75, 3.05) is 4.90 Å². The summed E-state index contributed by atoms with van der Waals surface area (Å²) in [4.78, 5) is 2.39. The Kier molecular flexibility index (Phi) is 6.20. The highest BCUT2D eigenvalue weighted by Gasteiger charge is 2.35. The molecule has 9 rings (SSSR count). The van der Waals surface area contributed by atoms with Crippen molar-refractivity contribution in [3.63, 3.8) is 0 Å². The van der Waals surface area contributed by atoms with Gasteiger partial charge in [-0.15, -0.1) is 0 Å². The molecular formula is C45H34N2. The summed E-state index contributed by atoms with van der Waals surface area (Å²) in [7, 11) is 0. The average Bonchev–Trinajstić information content (AvgIpc) is 3.57. The molecule has 0 atom stereocenters. The second-order valence-corrected chi connectivity index (χ2v) is 13.0. The number of benzene rings is 7. The van der Waals surface area contributed by atoms with Crippen molar-refractivity contribution in [2.24, 2.45) is 0 Å². The minimum atomic E-state index is -0.0250. The Labute approximate surface area is 275 Å². The molecule has 224 valence electrons. The topological polar surface area (TPSA) is 8.17 Å². The third-order valence-electron chi connectivity index (χ3n) is 9.97. The van der Waals surface area contributed by atoms with E-state index in [-0.39, 0.29) is 5.41 Å². The van der Waals surface area contributed by atoms with Gasteiger partial charge in [-0.2, -0.15) is 0 Å². The quantitative estimate of drug-likeness (QED) is 0.190. The van der Waals surface area contributed by atoms with Crippen LogP contribution in [0.25, 0.3) is 49.7 Å². The number of hydrogen-bond acceptors (Lipinski definition) is 1. The molecule has 0 N–H and O–H groups in total. The van der Waals surface area contributed by atoms with Gasteiger partial charge in [0.1, 0.15) is 0 Å². The molecule has 8 aromatic rings. The molecule has 2 nitrogen and oxygen atoms in total. The van der Waals surface area contributed by atoms with Gasteiger partial charge in [-0.1, -0.05) is 123 Å². The van der Waals surface area contributed by atoms with E-state index >= 15 is 0 Å². The van der Waals surface area contributed by atoms with Crippen LogP contribution in [0.5, 0.6) is 0 Å². The second-order valence-electron chi connectivity index (χ2n) is 13.0. The van der Waals surface area contributed by atoms with Crippen LogP contribution in [-0.4, -0.2) is 4.57 Å². The number of rotatable bonds is 5. The minimum Gasteiger partial charge on any atom is -0.310 e. The van der Waals surface area contributed by atoms with Crippen LogP contribution >= 0.6 is 0 Å². The van der Waals surface area contributed by atoms with E-state index in [0.717, 1.165) is 17.1 Å². The predicted octanol–water partition coefficient (Wildman–Crippen LogP) is 12.2. The van der Waals surface area contributed by atoms with Gasteiger partial charge in [0.15, 0.2) is 0 Å². The molecule has 2 heteroatoms. The molecule has 1 aliphatic rings. The second kappa shape index (κ2) is 10.6. The van der Waals surface area contributed by atoms with Gasteiger partial charge in [0.05, 0.1) is 11.0 Å². The largest absolute Gasteiger partial charge is 0.310 e. The zero-order valence-corrected chi connectivity index (χ0v) is 26.6. The van der Waals surface area contributed by atoms with E-state index < -0.39 is 0 Å². The first-order chi connectivity index (χ1) is 23.1. The Bertz CT molecular complexity index is 2430. The lowest BCUT2D eigenvalue weighted by atomic mass is 9.82. The molecule has 1 heterocycles. The van der Waals surface area contributed by atoms with Gasteiger partial charge in [0.25, 0.3) is 0 Å². The van der Waals surface area contributed by atoms with E-state index in [1.165, 1.54) is 60.9 Å². The molecule has 0 fully saturated rings. The number of para-hydroxylation sites is 3. The van der Waals surface area contributed by atoms with Gasteiger partial charge in [0, 0.05) is 38.9 Å². The molecule has 0 bridgehead atoms. The molecule has 0 amide bonds. The van der Waals surface area contributed by atoms with E-state index in [9.17, 15) is 0 Å². The van der Waals surface area contributed by atoms with Crippen LogP contribution in [0.2, 0.25) is 0 Å². The first-order valence-electron chi connectivity index (χ1n) is 16.4. The van der Waals surface area contributed by atoms with Crippen molar-refractivity contribution >= 4 is 38.9 Å². The van der Waals surface area contributed by atoms with Gasteiger partial charge >= 0.3 is 0 Å². The smallest absolute Gasteiger partial charge is 0.0547 e. The normalized spacial score (nSPS) is 13.1. The lowest BCUT2D eigenvalue weighted by Crippen LogP contribution is -2.15. The summed E-state index contributed by atoms with van der Waals surface area (Å²) in [5, 5.41) is 2.53. The van der Waals surface area contributed by atoms with Gasteiger partial charge < -0.3 is 9.47 Å². The highest BCUT2D eigenvalue weighted by atomic mass is 15.1. The molecule has 0 saturated carbocycles. The molecule has 7 aromatic carbocycles. The number of anilines is 3. The summed E-state index contributed by atoms with van der Waals surface area (Å²) in [5.74, 6) is 0. The first kappa shape index (κ1) is 27.5. The Morgan fingerprint density at radius 3 is 1.91 bits per heavy atom. The van der Waals surface area contributed by atoms with Crippen molar-refractivity contribution in [3.05, 3.63) is 181 Å². The highest BCUT2D eigenvalue weighted by molar-refractivity contribution is 6.10. The maximum absolute atomic E-state index is 2.39. The fourth-order valence-electron chi connectivity index (χ4n) is 7.70. The third kappa shape index (κ3) is 4.33. The summed E-state index contributed by atoms with van der Waals surface area (Å²) in [6.07, 6.45) is 0. The number of hydrogen-bond donors (Lipinski definition) is 0. The van der Waals surface area contributed by atoms with Gasteiger partial charge in [-0.25, -0.2) is 0 Å². The Morgan fingerprint density at radius 1 is 0.426 bits per heavy atom. The summed E-state index contributed by atoms with van der Waals surface area (Å²) >= 11 is 0. The zero-order valence-electron chi connectivity index (χ0n) is 26.6. The number of nitrogens with zero attached hydrogens (tertiary/aromatic N) is 2. The Morgan fingerprint density at radius 2 is 1.06 bits per heavy atom. The molecule has 0 saturated heterocycles. The summed E-state index contributed by atoms with van der Waals surface area (Å²) in [6, 6.07) is 61.8. The fraction of sp³-hybridized carbons (Fsp3) is 0.0667. The van der Waals surface area contributed by atoms with E-state index in [2.05, 4.69) is 193 Å². The monoisotopic (exact) mass is 602 g/mol. The molecular weight excluding hydrogens is 569 g/mol. The minimum absolute atomic E-state index is 0.0250. The highest BCUT2D eigenvalue weighted by Crippen LogP contribution is 2.50. The van der Waals surface area contributed by atoms with Gasteiger partial charge in [-0.3, -0.25) is 0 Å². The maximum Gasteiger partial charge on any atom is 0.0547 e. The van der Waals surface area contributed by atoms with Crippen LogP contribution in [0, 0.1) is 0 Å². The number of aromatic nitrogens is 1. The number of fused-ring (bicyclic) bond motifs is 6. The van der Waals surface area contributed by atoms with E-state index in [1.54, 1.807) is 0 Å². The summed E-state index contributed by atoms with van der Waals surface area (Å²) < 4.78 is 2.39. The standard InChI is InChI=1S/C45H34N2/c1-45(2)41-22-11-9-20-37(41)40-30-36(25-27-42(40)45)46(33-15-5-3-6-16-33)35-19-13-14-31(28-35)32-24-26-39-38-21-10-12-23-43(38)47(44(39)29-32)34-17-7-4-8-18-34/h3-30H,1-2H3. The van der Waals surface area contributed by atoms with Crippen molar-refractivity contribution in [1.82, 2.24) is 4.57 Å². The molecule has 0 radical (unpaired) electrons. The average molecular weight is 603 g/mol. The summed E-state index contributed by atoms with van der Waals surface area (Å²) in [6.45, 7) is 4.67. The van der Waals surface area contributed by atoms with Crippen molar-refractivity contribution in [3.8, 4) is 27.9 Å². The van der Waals surface area contributed by atoms with Crippen LogP contribution in [0.1, 0.15) is 25.0 Å². The Hall–Kier alpha value is -5.86. The van der Waals surface area contributed by atoms with Crippen LogP contribution < -0.4 is 4.90 Å². The Balaban J connectivity index is 1.20. The lowest BCUT2D eigenvalue weighted by Gasteiger charge is -2.27. The van der Waals surface area contributed by atoms with Crippen molar-refractivity contribution in [1.29, 1.82) is 0 Å². The van der Waals surface area contributed by atoms with Crippen LogP contribution in [-0.2, 0) is 5.41 Å². The fourth-order valence-corrected chi connectivity index (χ4v) is 7.70. The SMILES string of the molecule is CC1(C)c2ccccc2-c2cc(N(c3ccccc3)c3cccc(-c4ccc5c6ccccc6n(-c6ccccc6)c5c4)c3)ccc21. The molecule has 0 aliphatic heterocycles. The van der Waals surface area contributed by atoms with Gasteiger partial charge in [-0.05, 0) is 94.0 Å². The van der Waals surface area contributed by atoms with E-state index in [1.807, 2.05) is 0 Å². The predicted molar refractivity (Wildman–Crippen MR) is 198 cm³/mol. The van der Waals surface area contributed by atoms with Crippen LogP contribution in [0.4, 0.5) is 17.1 Å². The summed E-state index contributed by atoms with van der Waals surface area (Å²) in [5.41, 5.74) is 14.8. The van der Waals surface area contributed by atoms with Crippen molar-refractivity contribution in [2.45, 2.75) is 19.3 Å². The lowest BCUT2D eigenvalue weighted by molar-refractivity contribution is 0.660.